The number of aromatic nitrogens is 1. The summed E-state index contributed by atoms with van der Waals surface area (Å²) in [4.78, 5) is 29.0. The molecule has 0 saturated carbocycles. The van der Waals surface area contributed by atoms with Crippen LogP contribution in [0.25, 0.3) is 0 Å². The molecular weight excluding hydrogens is 381 g/mol. The van der Waals surface area contributed by atoms with Crippen molar-refractivity contribution in [2.75, 3.05) is 26.3 Å². The summed E-state index contributed by atoms with van der Waals surface area (Å²) in [6.45, 7) is 8.50. The molecule has 0 radical (unpaired) electrons. The molecule has 2 rings (SSSR count). The molecule has 2 N–H and O–H groups in total. The molecule has 1 aliphatic heterocycles. The Labute approximate surface area is 162 Å². The molecule has 0 unspecified atom stereocenters. The number of nitrogens with zero attached hydrogens (tertiary/aromatic N) is 1. The van der Waals surface area contributed by atoms with Gasteiger partial charge < -0.3 is 24.7 Å². The first-order chi connectivity index (χ1) is 12.4. The molecule has 9 heteroatoms. The molecule has 0 aliphatic carbocycles. The van der Waals surface area contributed by atoms with Crippen LogP contribution >= 0.6 is 23.2 Å². The van der Waals surface area contributed by atoms with Gasteiger partial charge in [-0.15, -0.1) is 6.58 Å². The molecule has 1 aromatic rings. The van der Waals surface area contributed by atoms with Crippen LogP contribution in [0.2, 0.25) is 10.0 Å². The number of ether oxygens (including phenoxy) is 2. The first-order valence-electron chi connectivity index (χ1n) is 8.37. The van der Waals surface area contributed by atoms with E-state index in [1.165, 1.54) is 0 Å². The third-order valence-electron chi connectivity index (χ3n) is 4.11. The molecule has 0 bridgehead atoms. The molecule has 2 amide bonds. The van der Waals surface area contributed by atoms with Crippen molar-refractivity contribution in [2.24, 2.45) is 0 Å². The van der Waals surface area contributed by atoms with E-state index in [2.05, 4.69) is 16.9 Å². The van der Waals surface area contributed by atoms with Crippen LogP contribution in [0.3, 0.4) is 0 Å². The van der Waals surface area contributed by atoms with Gasteiger partial charge in [-0.1, -0.05) is 29.3 Å². The predicted molar refractivity (Wildman–Crippen MR) is 100.0 cm³/mol. The normalized spacial score (nSPS) is 19.9. The summed E-state index contributed by atoms with van der Waals surface area (Å²) in [5.74, 6) is -0.369. The molecule has 26 heavy (non-hydrogen) atoms. The van der Waals surface area contributed by atoms with Crippen LogP contribution in [0.15, 0.2) is 12.7 Å². The second-order valence-electron chi connectivity index (χ2n) is 5.93. The first kappa shape index (κ1) is 20.6. The molecular formula is C17H23Cl2N3O4. The predicted octanol–water partition coefficient (Wildman–Crippen LogP) is 3.16. The fourth-order valence-corrected chi connectivity index (χ4v) is 3.21. The van der Waals surface area contributed by atoms with E-state index in [0.717, 1.165) is 0 Å². The lowest BCUT2D eigenvalue weighted by Crippen LogP contribution is -2.56. The molecule has 144 valence electrons. The van der Waals surface area contributed by atoms with Crippen LogP contribution < -0.4 is 5.32 Å². The second-order valence-corrected chi connectivity index (χ2v) is 6.68. The SMILES string of the molecule is C=CCO[C@H]1CN(C(=O)OCC)CC[C@H]1NC(=O)c1[nH]c(C)c(Cl)c1Cl. The average Bonchev–Trinajstić information content (AvgIpc) is 2.88. The number of H-pyrrole nitrogens is 1. The number of hydrogen-bond donors (Lipinski definition) is 2. The van der Waals surface area contributed by atoms with Crippen molar-refractivity contribution in [1.29, 1.82) is 0 Å². The summed E-state index contributed by atoms with van der Waals surface area (Å²) in [6, 6.07) is -0.286. The topological polar surface area (TPSA) is 83.7 Å². The van der Waals surface area contributed by atoms with Gasteiger partial charge in [0.15, 0.2) is 0 Å². The minimum absolute atomic E-state index is 0.189. The van der Waals surface area contributed by atoms with E-state index >= 15 is 0 Å². The molecule has 7 nitrogen and oxygen atoms in total. The van der Waals surface area contributed by atoms with Crippen molar-refractivity contribution in [1.82, 2.24) is 15.2 Å². The van der Waals surface area contributed by atoms with Crippen molar-refractivity contribution in [3.05, 3.63) is 34.1 Å². The number of amides is 2. The molecule has 1 fully saturated rings. The number of halogens is 2. The van der Waals surface area contributed by atoms with Gasteiger partial charge in [0.25, 0.3) is 5.91 Å². The largest absolute Gasteiger partial charge is 0.450 e. The van der Waals surface area contributed by atoms with Crippen LogP contribution in [0.5, 0.6) is 0 Å². The van der Waals surface area contributed by atoms with Gasteiger partial charge in [0.05, 0.1) is 41.9 Å². The van der Waals surface area contributed by atoms with Gasteiger partial charge >= 0.3 is 6.09 Å². The summed E-state index contributed by atoms with van der Waals surface area (Å²) >= 11 is 12.1. The molecule has 1 aromatic heterocycles. The summed E-state index contributed by atoms with van der Waals surface area (Å²) < 4.78 is 10.8. The molecule has 2 atom stereocenters. The number of likely N-dealkylation sites (tertiary alicyclic amines) is 1. The summed E-state index contributed by atoms with van der Waals surface area (Å²) in [5, 5.41) is 3.43. The van der Waals surface area contributed by atoms with Crippen molar-refractivity contribution in [3.63, 3.8) is 0 Å². The lowest BCUT2D eigenvalue weighted by molar-refractivity contribution is -0.00918. The van der Waals surface area contributed by atoms with E-state index in [-0.39, 0.29) is 34.9 Å². The van der Waals surface area contributed by atoms with E-state index in [9.17, 15) is 9.59 Å². The lowest BCUT2D eigenvalue weighted by Gasteiger charge is -2.37. The number of carbonyl (C=O) groups excluding carboxylic acids is 2. The number of rotatable bonds is 6. The maximum Gasteiger partial charge on any atom is 0.409 e. The summed E-state index contributed by atoms with van der Waals surface area (Å²) in [6.07, 6.45) is 1.37. The first-order valence-corrected chi connectivity index (χ1v) is 9.13. The Bertz CT molecular complexity index is 677. The van der Waals surface area contributed by atoms with Crippen LogP contribution in [0.1, 0.15) is 29.5 Å². The molecule has 2 heterocycles. The molecule has 1 aliphatic rings. The van der Waals surface area contributed by atoms with E-state index in [1.54, 1.807) is 24.8 Å². The van der Waals surface area contributed by atoms with Gasteiger partial charge in [0, 0.05) is 12.2 Å². The fraction of sp³-hybridized carbons (Fsp3) is 0.529. The summed E-state index contributed by atoms with van der Waals surface area (Å²) in [5.41, 5.74) is 0.836. The minimum atomic E-state index is -0.390. The maximum absolute atomic E-state index is 12.6. The fourth-order valence-electron chi connectivity index (χ4n) is 2.79. The van der Waals surface area contributed by atoms with E-state index in [0.29, 0.717) is 43.4 Å². The maximum atomic E-state index is 12.6. The highest BCUT2D eigenvalue weighted by atomic mass is 35.5. The van der Waals surface area contributed by atoms with Gasteiger partial charge in [0.1, 0.15) is 5.69 Å². The standard InChI is InChI=1S/C17H23Cl2N3O4/c1-4-8-26-12-9-22(17(24)25-5-2)7-6-11(12)21-16(23)15-14(19)13(18)10(3)20-15/h4,11-12,20H,1,5-9H2,2-3H3,(H,21,23)/t11-,12+/m1/s1. The van der Waals surface area contributed by atoms with Crippen molar-refractivity contribution < 1.29 is 19.1 Å². The smallest absolute Gasteiger partial charge is 0.409 e. The zero-order valence-corrected chi connectivity index (χ0v) is 16.3. The highest BCUT2D eigenvalue weighted by Gasteiger charge is 2.34. The van der Waals surface area contributed by atoms with Crippen LogP contribution in [-0.2, 0) is 9.47 Å². The molecule has 0 aromatic carbocycles. The minimum Gasteiger partial charge on any atom is -0.450 e. The van der Waals surface area contributed by atoms with Crippen LogP contribution in [0, 0.1) is 6.92 Å². The van der Waals surface area contributed by atoms with Gasteiger partial charge in [-0.25, -0.2) is 4.79 Å². The van der Waals surface area contributed by atoms with E-state index in [1.807, 2.05) is 0 Å². The van der Waals surface area contributed by atoms with Gasteiger partial charge in [-0.3, -0.25) is 4.79 Å². The Morgan fingerprint density at radius 2 is 2.15 bits per heavy atom. The Morgan fingerprint density at radius 3 is 2.73 bits per heavy atom. The van der Waals surface area contributed by atoms with Crippen LogP contribution in [0.4, 0.5) is 4.79 Å². The van der Waals surface area contributed by atoms with Crippen LogP contribution in [-0.4, -0.2) is 60.3 Å². The van der Waals surface area contributed by atoms with E-state index < -0.39 is 0 Å². The average molecular weight is 404 g/mol. The van der Waals surface area contributed by atoms with Crippen molar-refractivity contribution in [3.8, 4) is 0 Å². The Balaban J connectivity index is 2.08. The van der Waals surface area contributed by atoms with Gasteiger partial charge in [-0.05, 0) is 20.3 Å². The Morgan fingerprint density at radius 1 is 1.42 bits per heavy atom. The second kappa shape index (κ2) is 9.30. The Hall–Kier alpha value is -1.70. The highest BCUT2D eigenvalue weighted by molar-refractivity contribution is 6.44. The molecule has 1 saturated heterocycles. The third-order valence-corrected chi connectivity index (χ3v) is 5.06. The monoisotopic (exact) mass is 403 g/mol. The molecule has 0 spiro atoms. The zero-order valence-electron chi connectivity index (χ0n) is 14.8. The van der Waals surface area contributed by atoms with Gasteiger partial charge in [-0.2, -0.15) is 0 Å². The van der Waals surface area contributed by atoms with Gasteiger partial charge in [0.2, 0.25) is 0 Å². The highest BCUT2D eigenvalue weighted by Crippen LogP contribution is 2.29. The van der Waals surface area contributed by atoms with Crippen molar-refractivity contribution >= 4 is 35.2 Å². The zero-order chi connectivity index (χ0) is 19.3. The Kier molecular flexibility index (Phi) is 7.37. The lowest BCUT2D eigenvalue weighted by atomic mass is 10.0. The summed E-state index contributed by atoms with van der Waals surface area (Å²) in [7, 11) is 0. The number of carbonyl (C=O) groups is 2. The number of piperidine rings is 1. The number of hydrogen-bond acceptors (Lipinski definition) is 4. The quantitative estimate of drug-likeness (QED) is 0.714. The number of nitrogens with one attached hydrogen (secondary N) is 2. The van der Waals surface area contributed by atoms with Crippen molar-refractivity contribution in [2.45, 2.75) is 32.4 Å². The number of aryl methyl sites for hydroxylation is 1. The third kappa shape index (κ3) is 4.72. The van der Waals surface area contributed by atoms with E-state index in [4.69, 9.17) is 32.7 Å². The number of aromatic amines is 1.